The average molecular weight is 382 g/mol. The number of fused-ring (bicyclic) bond motifs is 1. The molecule has 0 saturated heterocycles. The van der Waals surface area contributed by atoms with Crippen LogP contribution in [-0.4, -0.2) is 29.2 Å². The molecule has 136 valence electrons. The lowest BCUT2D eigenvalue weighted by atomic mass is 9.93. The van der Waals surface area contributed by atoms with Gasteiger partial charge in [0.25, 0.3) is 15.9 Å². The van der Waals surface area contributed by atoms with Gasteiger partial charge in [0.05, 0.1) is 4.90 Å². The zero-order chi connectivity index (χ0) is 19.0. The predicted molar refractivity (Wildman–Crippen MR) is 95.2 cm³/mol. The fourth-order valence-corrected chi connectivity index (χ4v) is 4.17. The Labute approximate surface area is 154 Å². The van der Waals surface area contributed by atoms with Crippen LogP contribution < -0.4 is 4.83 Å². The molecule has 9 nitrogen and oxygen atoms in total. The molecule has 1 atom stereocenters. The van der Waals surface area contributed by atoms with Crippen LogP contribution in [0.2, 0.25) is 0 Å². The fraction of sp³-hybridized carbons (Fsp3) is 0.118. The van der Waals surface area contributed by atoms with E-state index in [4.69, 9.17) is 0 Å². The van der Waals surface area contributed by atoms with Crippen molar-refractivity contribution in [2.75, 3.05) is 4.83 Å². The molecule has 4 rings (SSSR count). The number of rotatable bonds is 4. The maximum Gasteiger partial charge on any atom is 0.295 e. The van der Waals surface area contributed by atoms with Crippen molar-refractivity contribution in [3.63, 3.8) is 0 Å². The molecular formula is C17H14N6O3S. The number of nitrogens with one attached hydrogen (secondary N) is 1. The van der Waals surface area contributed by atoms with E-state index in [9.17, 15) is 13.2 Å². The number of azo groups is 1. The number of carbonyl (C=O) groups is 1. The number of aromatic nitrogens is 3. The fourth-order valence-electron chi connectivity index (χ4n) is 2.91. The highest BCUT2D eigenvalue weighted by molar-refractivity contribution is 7.92. The van der Waals surface area contributed by atoms with Crippen LogP contribution in [0.15, 0.2) is 70.2 Å². The second-order valence-electron chi connectivity index (χ2n) is 6.00. The van der Waals surface area contributed by atoms with E-state index in [1.54, 1.807) is 43.3 Å². The lowest BCUT2D eigenvalue weighted by molar-refractivity contribution is 0.0986. The van der Waals surface area contributed by atoms with Gasteiger partial charge in [-0.2, -0.15) is 13.5 Å². The van der Waals surface area contributed by atoms with Crippen LogP contribution in [0, 0.1) is 6.92 Å². The summed E-state index contributed by atoms with van der Waals surface area (Å²) in [6.07, 6.45) is 2.49. The van der Waals surface area contributed by atoms with E-state index in [0.717, 1.165) is 4.68 Å². The molecule has 2 heterocycles. The van der Waals surface area contributed by atoms with E-state index in [1.807, 2.05) is 0 Å². The molecule has 0 saturated carbocycles. The maximum absolute atomic E-state index is 12.8. The highest BCUT2D eigenvalue weighted by Crippen LogP contribution is 2.34. The van der Waals surface area contributed by atoms with Crippen LogP contribution >= 0.6 is 0 Å². The summed E-state index contributed by atoms with van der Waals surface area (Å²) in [6.45, 7) is 1.70. The number of carbonyl (C=O) groups excluding carboxylic acids is 1. The number of aryl methyl sites for hydroxylation is 1. The van der Waals surface area contributed by atoms with Crippen LogP contribution in [-0.2, 0) is 10.0 Å². The summed E-state index contributed by atoms with van der Waals surface area (Å²) in [5.41, 5.74) is 2.34. The van der Waals surface area contributed by atoms with Gasteiger partial charge in [-0.3, -0.25) is 4.79 Å². The molecule has 10 heteroatoms. The van der Waals surface area contributed by atoms with Crippen molar-refractivity contribution >= 4 is 15.9 Å². The summed E-state index contributed by atoms with van der Waals surface area (Å²) in [7, 11) is -3.87. The molecule has 0 spiro atoms. The lowest BCUT2D eigenvalue weighted by Gasteiger charge is -2.19. The first-order valence-corrected chi connectivity index (χ1v) is 9.46. The Hall–Kier alpha value is -3.40. The molecule has 0 fully saturated rings. The maximum atomic E-state index is 12.8. The minimum atomic E-state index is -3.87. The molecule has 1 amide bonds. The zero-order valence-electron chi connectivity index (χ0n) is 14.1. The zero-order valence-corrected chi connectivity index (χ0v) is 15.0. The molecule has 2 aromatic carbocycles. The van der Waals surface area contributed by atoms with Crippen LogP contribution in [0.25, 0.3) is 0 Å². The topological polar surface area (TPSA) is 119 Å². The Morgan fingerprint density at radius 2 is 1.81 bits per heavy atom. The van der Waals surface area contributed by atoms with Crippen molar-refractivity contribution in [1.82, 2.24) is 14.9 Å². The van der Waals surface area contributed by atoms with Crippen molar-refractivity contribution in [1.29, 1.82) is 0 Å². The monoisotopic (exact) mass is 382 g/mol. The van der Waals surface area contributed by atoms with E-state index in [0.29, 0.717) is 22.3 Å². The standard InChI is InChI=1S/C17H14N6O3S/c1-11-6-7-12(8-15(11)27(25,26)22-23-9-18-19-10-23)16-13-4-2-3-5-14(13)17(24)21-20-16/h2-10,16,22H,1H3. The smallest absolute Gasteiger partial charge is 0.265 e. The second kappa shape index (κ2) is 6.40. The minimum Gasteiger partial charge on any atom is -0.265 e. The Bertz CT molecular complexity index is 1160. The van der Waals surface area contributed by atoms with Crippen molar-refractivity contribution in [3.05, 3.63) is 77.4 Å². The third kappa shape index (κ3) is 3.10. The highest BCUT2D eigenvalue weighted by Gasteiger charge is 2.27. The van der Waals surface area contributed by atoms with Crippen LogP contribution in [0.5, 0.6) is 0 Å². The molecule has 0 bridgehead atoms. The summed E-state index contributed by atoms with van der Waals surface area (Å²) in [5.74, 6) is -0.406. The summed E-state index contributed by atoms with van der Waals surface area (Å²) >= 11 is 0. The van der Waals surface area contributed by atoms with Gasteiger partial charge < -0.3 is 0 Å². The second-order valence-corrected chi connectivity index (χ2v) is 7.63. The summed E-state index contributed by atoms with van der Waals surface area (Å²) < 4.78 is 26.7. The first-order chi connectivity index (χ1) is 13.0. The van der Waals surface area contributed by atoms with E-state index in [1.165, 1.54) is 18.7 Å². The van der Waals surface area contributed by atoms with E-state index < -0.39 is 22.0 Å². The van der Waals surface area contributed by atoms with Crippen LogP contribution in [0.4, 0.5) is 0 Å². The first-order valence-electron chi connectivity index (χ1n) is 7.98. The number of benzene rings is 2. The molecule has 1 aliphatic rings. The Balaban J connectivity index is 1.77. The molecule has 1 aliphatic heterocycles. The largest absolute Gasteiger partial charge is 0.295 e. The molecule has 0 aliphatic carbocycles. The Morgan fingerprint density at radius 1 is 1.07 bits per heavy atom. The quantitative estimate of drug-likeness (QED) is 0.742. The lowest BCUT2D eigenvalue weighted by Crippen LogP contribution is -2.23. The Morgan fingerprint density at radius 3 is 2.59 bits per heavy atom. The van der Waals surface area contributed by atoms with Gasteiger partial charge in [-0.15, -0.1) is 15.3 Å². The van der Waals surface area contributed by atoms with Crippen molar-refractivity contribution in [2.24, 2.45) is 10.2 Å². The van der Waals surface area contributed by atoms with Gasteiger partial charge in [0.2, 0.25) is 0 Å². The predicted octanol–water partition coefficient (Wildman–Crippen LogP) is 2.21. The van der Waals surface area contributed by atoms with Crippen LogP contribution in [0.1, 0.15) is 33.1 Å². The normalized spacial score (nSPS) is 16.2. The number of hydrogen-bond donors (Lipinski definition) is 1. The number of amides is 1. The Kier molecular flexibility index (Phi) is 4.04. The van der Waals surface area contributed by atoms with Gasteiger partial charge in [0, 0.05) is 5.56 Å². The first kappa shape index (κ1) is 17.0. The SMILES string of the molecule is Cc1ccc(C2N=NC(=O)c3ccccc32)cc1S(=O)(=O)Nn1cnnc1. The van der Waals surface area contributed by atoms with Gasteiger partial charge in [0.1, 0.15) is 18.7 Å². The van der Waals surface area contributed by atoms with E-state index >= 15 is 0 Å². The van der Waals surface area contributed by atoms with Gasteiger partial charge in [-0.25, -0.2) is 9.51 Å². The molecule has 1 N–H and O–H groups in total. The van der Waals surface area contributed by atoms with Gasteiger partial charge in [-0.05, 0) is 35.7 Å². The third-order valence-corrected chi connectivity index (χ3v) is 5.68. The van der Waals surface area contributed by atoms with Crippen molar-refractivity contribution in [3.8, 4) is 0 Å². The number of sulfonamides is 1. The minimum absolute atomic E-state index is 0.0956. The van der Waals surface area contributed by atoms with Crippen molar-refractivity contribution < 1.29 is 13.2 Å². The molecule has 1 unspecified atom stereocenters. The average Bonchev–Trinajstić information content (AvgIpc) is 3.15. The van der Waals surface area contributed by atoms with Gasteiger partial charge in [-0.1, -0.05) is 30.3 Å². The summed E-state index contributed by atoms with van der Waals surface area (Å²) in [5, 5.41) is 14.9. The molecule has 0 radical (unpaired) electrons. The molecule has 1 aromatic heterocycles. The van der Waals surface area contributed by atoms with E-state index in [2.05, 4.69) is 25.3 Å². The molecular weight excluding hydrogens is 368 g/mol. The summed E-state index contributed by atoms with van der Waals surface area (Å²) in [4.78, 5) is 14.4. The molecule has 27 heavy (non-hydrogen) atoms. The van der Waals surface area contributed by atoms with Gasteiger partial charge in [0.15, 0.2) is 0 Å². The summed E-state index contributed by atoms with van der Waals surface area (Å²) in [6, 6.07) is 11.5. The number of hydrogen-bond acceptors (Lipinski definition) is 6. The van der Waals surface area contributed by atoms with E-state index in [-0.39, 0.29) is 4.90 Å². The highest BCUT2D eigenvalue weighted by atomic mass is 32.2. The van der Waals surface area contributed by atoms with Gasteiger partial charge >= 0.3 is 0 Å². The molecule has 3 aromatic rings. The van der Waals surface area contributed by atoms with Crippen molar-refractivity contribution in [2.45, 2.75) is 17.9 Å². The third-order valence-electron chi connectivity index (χ3n) is 4.21. The van der Waals surface area contributed by atoms with Crippen LogP contribution in [0.3, 0.4) is 0 Å². The number of nitrogens with zero attached hydrogens (tertiary/aromatic N) is 5.